The van der Waals surface area contributed by atoms with Crippen molar-refractivity contribution in [1.82, 2.24) is 9.55 Å². The van der Waals surface area contributed by atoms with Gasteiger partial charge in [0.15, 0.2) is 0 Å². The lowest BCUT2D eigenvalue weighted by Crippen LogP contribution is -2.43. The van der Waals surface area contributed by atoms with Gasteiger partial charge in [0, 0.05) is 24.7 Å². The Morgan fingerprint density at radius 2 is 1.78 bits per heavy atom. The summed E-state index contributed by atoms with van der Waals surface area (Å²) in [5, 5.41) is 45.1. The van der Waals surface area contributed by atoms with E-state index in [0.29, 0.717) is 25.7 Å². The number of allylic oxidation sites excluding steroid dienone is 2. The van der Waals surface area contributed by atoms with Gasteiger partial charge in [-0.2, -0.15) is 0 Å². The standard InChI is InChI=1S/C23H36O7.C5H10N2O7P2/c1-4-13(2)23(29)30-20-11-17(25)9-15-6-5-14(3)19(22(15)20)8-7-16(24)10-18(26)12-21(27)28;8-5(15(9,10)11,16(12,13)14)3-7-2-1-6-4-7/h5-6,9,13-14,16-20,22,24-26H,4,7-8,10-12H2,1-3H3,(H,27,28);1-2,4,8H,3H2,(H2,9,10,11)(H2,12,13,14)/t13-,14-,16+,17+,18+,19-,20-,22-;/m0./s1. The van der Waals surface area contributed by atoms with E-state index in [-0.39, 0.29) is 42.5 Å². The summed E-state index contributed by atoms with van der Waals surface area (Å²) in [6, 6.07) is 0. The van der Waals surface area contributed by atoms with E-state index in [9.17, 15) is 39.1 Å². The smallest absolute Gasteiger partial charge is 0.371 e. The molecule has 0 spiro atoms. The quantitative estimate of drug-likeness (QED) is 0.0980. The summed E-state index contributed by atoms with van der Waals surface area (Å²) in [6.07, 6.45) is 8.14. The van der Waals surface area contributed by atoms with Crippen LogP contribution in [-0.4, -0.2) is 96.1 Å². The van der Waals surface area contributed by atoms with E-state index in [0.717, 1.165) is 16.5 Å². The molecule has 46 heavy (non-hydrogen) atoms. The Hall–Kier alpha value is -2.23. The highest BCUT2D eigenvalue weighted by Gasteiger charge is 2.59. The van der Waals surface area contributed by atoms with Crippen molar-refractivity contribution in [3.8, 4) is 0 Å². The number of carbonyl (C=O) groups is 2. The summed E-state index contributed by atoms with van der Waals surface area (Å²) >= 11 is 0. The molecule has 0 fully saturated rings. The van der Waals surface area contributed by atoms with Gasteiger partial charge in [-0.1, -0.05) is 39.0 Å². The Morgan fingerprint density at radius 3 is 2.30 bits per heavy atom. The van der Waals surface area contributed by atoms with Gasteiger partial charge in [0.1, 0.15) is 6.10 Å². The number of hydrogen-bond donors (Lipinski definition) is 9. The number of rotatable bonds is 14. The van der Waals surface area contributed by atoms with E-state index >= 15 is 0 Å². The Morgan fingerprint density at radius 1 is 1.15 bits per heavy atom. The summed E-state index contributed by atoms with van der Waals surface area (Å²) in [5.74, 6) is -1.31. The summed E-state index contributed by atoms with van der Waals surface area (Å²) in [5.41, 5.74) is 0.958. The minimum Gasteiger partial charge on any atom is -0.481 e. The number of fused-ring (bicyclic) bond motifs is 1. The minimum absolute atomic E-state index is 0.0156. The third kappa shape index (κ3) is 10.9. The van der Waals surface area contributed by atoms with E-state index < -0.39 is 57.2 Å². The zero-order valence-corrected chi connectivity index (χ0v) is 27.7. The fourth-order valence-electron chi connectivity index (χ4n) is 5.50. The monoisotopic (exact) mass is 696 g/mol. The van der Waals surface area contributed by atoms with Crippen molar-refractivity contribution in [1.29, 1.82) is 0 Å². The second kappa shape index (κ2) is 16.7. The summed E-state index contributed by atoms with van der Waals surface area (Å²) in [4.78, 5) is 61.9. The number of esters is 1. The molecule has 0 saturated heterocycles. The number of carboxylic acids is 1. The van der Waals surface area contributed by atoms with E-state index in [1.165, 1.54) is 12.4 Å². The van der Waals surface area contributed by atoms with Crippen LogP contribution in [0, 0.1) is 23.7 Å². The van der Waals surface area contributed by atoms with Crippen molar-refractivity contribution < 1.29 is 68.6 Å². The van der Waals surface area contributed by atoms with E-state index in [1.54, 1.807) is 0 Å². The second-order valence-electron chi connectivity index (χ2n) is 12.0. The van der Waals surface area contributed by atoms with Crippen molar-refractivity contribution in [2.75, 3.05) is 0 Å². The number of ether oxygens (including phenoxy) is 1. The Labute approximate surface area is 266 Å². The van der Waals surface area contributed by atoms with Crippen molar-refractivity contribution in [3.05, 3.63) is 42.5 Å². The third-order valence-electron chi connectivity index (χ3n) is 8.33. The molecule has 1 aromatic heterocycles. The van der Waals surface area contributed by atoms with E-state index in [1.807, 2.05) is 26.0 Å². The SMILES string of the molecule is CC[C@H](C)C(=O)O[C@H]1C[C@H](O)C=C2C=C[C@H](C)[C@H](CC[C@@H](O)C[C@@H](O)CC(=O)O)[C@H]21.O=P(O)(O)C(O)(Cn1ccnc1)P(=O)(O)O. The number of aliphatic hydroxyl groups is 4. The molecule has 16 nitrogen and oxygen atoms in total. The number of carboxylic acid groups (broad SMARTS) is 1. The average molecular weight is 697 g/mol. The predicted molar refractivity (Wildman–Crippen MR) is 163 cm³/mol. The van der Waals surface area contributed by atoms with Gasteiger partial charge in [-0.25, -0.2) is 4.98 Å². The van der Waals surface area contributed by atoms with Gasteiger partial charge in [-0.3, -0.25) is 18.7 Å². The topological polar surface area (TPSA) is 277 Å². The number of aliphatic carboxylic acids is 1. The van der Waals surface area contributed by atoms with Crippen LogP contribution < -0.4 is 0 Å². The molecule has 262 valence electrons. The highest BCUT2D eigenvalue weighted by Crippen LogP contribution is 2.68. The fraction of sp³-hybridized carbons (Fsp3) is 0.679. The fourth-order valence-corrected chi connectivity index (χ4v) is 7.55. The summed E-state index contributed by atoms with van der Waals surface area (Å²) in [7, 11) is -10.8. The first-order valence-corrected chi connectivity index (χ1v) is 18.1. The largest absolute Gasteiger partial charge is 0.481 e. The summed E-state index contributed by atoms with van der Waals surface area (Å²) in [6.45, 7) is 4.89. The third-order valence-corrected chi connectivity index (χ3v) is 12.0. The van der Waals surface area contributed by atoms with Gasteiger partial charge in [0.2, 0.25) is 0 Å². The number of aromatic nitrogens is 2. The van der Waals surface area contributed by atoms with Crippen LogP contribution in [0.1, 0.15) is 59.3 Å². The number of imidazole rings is 1. The first-order valence-electron chi connectivity index (χ1n) is 14.9. The minimum atomic E-state index is -5.41. The molecule has 0 aromatic carbocycles. The van der Waals surface area contributed by atoms with E-state index in [4.69, 9.17) is 29.4 Å². The lowest BCUT2D eigenvalue weighted by Gasteiger charge is -2.43. The number of aliphatic hydroxyl groups excluding tert-OH is 3. The maximum atomic E-state index is 12.4. The molecule has 18 heteroatoms. The van der Waals surface area contributed by atoms with Crippen molar-refractivity contribution in [2.24, 2.45) is 23.7 Å². The second-order valence-corrected chi connectivity index (χ2v) is 16.0. The normalized spacial score (nSPS) is 25.3. The molecule has 9 N–H and O–H groups in total. The number of nitrogens with zero attached hydrogens (tertiary/aromatic N) is 2. The van der Waals surface area contributed by atoms with Crippen LogP contribution in [-0.2, 0) is 30.0 Å². The Balaban J connectivity index is 0.000000387. The lowest BCUT2D eigenvalue weighted by molar-refractivity contribution is -0.159. The first kappa shape index (κ1) is 39.9. The van der Waals surface area contributed by atoms with Crippen molar-refractivity contribution in [2.45, 2.75) is 95.3 Å². The highest BCUT2D eigenvalue weighted by molar-refractivity contribution is 7.72. The van der Waals surface area contributed by atoms with Crippen LogP contribution in [0.4, 0.5) is 0 Å². The van der Waals surface area contributed by atoms with Gasteiger partial charge in [0.25, 0.3) is 5.08 Å². The van der Waals surface area contributed by atoms with Crippen molar-refractivity contribution >= 4 is 27.1 Å². The number of hydrogen-bond acceptors (Lipinski definition) is 10. The van der Waals surface area contributed by atoms with Crippen LogP contribution in [0.3, 0.4) is 0 Å². The molecule has 0 unspecified atom stereocenters. The molecule has 0 aliphatic heterocycles. The molecule has 1 heterocycles. The molecule has 0 bridgehead atoms. The van der Waals surface area contributed by atoms with Crippen molar-refractivity contribution in [3.63, 3.8) is 0 Å². The van der Waals surface area contributed by atoms with E-state index in [2.05, 4.69) is 18.0 Å². The molecule has 2 aliphatic rings. The van der Waals surface area contributed by atoms with Gasteiger partial charge in [0.05, 0.1) is 43.5 Å². The van der Waals surface area contributed by atoms with Crippen LogP contribution in [0.25, 0.3) is 0 Å². The average Bonchev–Trinajstić information content (AvgIpc) is 3.43. The molecular weight excluding hydrogens is 650 g/mol. The van der Waals surface area contributed by atoms with Gasteiger partial charge < -0.3 is 54.4 Å². The first-order chi connectivity index (χ1) is 21.2. The van der Waals surface area contributed by atoms with Gasteiger partial charge in [-0.15, -0.1) is 0 Å². The molecule has 1 aromatic rings. The zero-order chi connectivity index (χ0) is 35.0. The Kier molecular flexibility index (Phi) is 14.5. The molecule has 2 aliphatic carbocycles. The van der Waals surface area contributed by atoms with Crippen LogP contribution >= 0.6 is 15.2 Å². The molecular formula is C28H46N2O14P2. The highest BCUT2D eigenvalue weighted by atomic mass is 31.2. The molecule has 8 atom stereocenters. The maximum absolute atomic E-state index is 12.4. The van der Waals surface area contributed by atoms with Crippen LogP contribution in [0.2, 0.25) is 0 Å². The van der Waals surface area contributed by atoms with Gasteiger partial charge >= 0.3 is 27.1 Å². The molecule has 0 amide bonds. The van der Waals surface area contributed by atoms with Crippen LogP contribution in [0.5, 0.6) is 0 Å². The van der Waals surface area contributed by atoms with Gasteiger partial charge in [-0.05, 0) is 43.1 Å². The molecule has 0 radical (unpaired) electrons. The predicted octanol–water partition coefficient (Wildman–Crippen LogP) is 1.32. The lowest BCUT2D eigenvalue weighted by atomic mass is 9.66. The molecule has 0 saturated carbocycles. The number of carbonyl (C=O) groups excluding carboxylic acids is 1. The zero-order valence-electron chi connectivity index (χ0n) is 25.9. The molecule has 3 rings (SSSR count). The summed E-state index contributed by atoms with van der Waals surface area (Å²) < 4.78 is 28.7. The van der Waals surface area contributed by atoms with Crippen LogP contribution in [0.15, 0.2) is 42.5 Å². The maximum Gasteiger partial charge on any atom is 0.371 e. The Bertz CT molecular complexity index is 1290.